The molecule has 0 unspecified atom stereocenters. The molecule has 0 aliphatic carbocycles. The fraction of sp³-hybridized carbons (Fsp3) is 0.286. The van der Waals surface area contributed by atoms with E-state index >= 15 is 0 Å². The van der Waals surface area contributed by atoms with Crippen molar-refractivity contribution in [3.8, 4) is 0 Å². The van der Waals surface area contributed by atoms with E-state index in [1.807, 2.05) is 30.3 Å². The summed E-state index contributed by atoms with van der Waals surface area (Å²) in [6.07, 6.45) is 4.51. The number of aryl methyl sites for hydroxylation is 1. The monoisotopic (exact) mass is 292 g/mol. The van der Waals surface area contributed by atoms with Crippen LogP contribution in [0.15, 0.2) is 54.6 Å². The van der Waals surface area contributed by atoms with Gasteiger partial charge in [-0.3, -0.25) is 4.79 Å². The van der Waals surface area contributed by atoms with Crippen LogP contribution in [-0.4, -0.2) is 5.78 Å². The van der Waals surface area contributed by atoms with Crippen molar-refractivity contribution in [2.75, 3.05) is 0 Å². The van der Waals surface area contributed by atoms with Crippen molar-refractivity contribution in [1.82, 2.24) is 0 Å². The molecule has 1 heteroatoms. The fourth-order valence-corrected chi connectivity index (χ4v) is 2.27. The third-order valence-electron chi connectivity index (χ3n) is 3.85. The van der Waals surface area contributed by atoms with Crippen LogP contribution in [0.3, 0.4) is 0 Å². The first kappa shape index (κ1) is 16.2. The molecule has 0 aliphatic heterocycles. The Morgan fingerprint density at radius 3 is 2.05 bits per heavy atom. The second kappa shape index (κ2) is 6.74. The van der Waals surface area contributed by atoms with E-state index in [4.69, 9.17) is 0 Å². The number of carbonyl (C=O) groups excluding carboxylic acids is 1. The zero-order valence-corrected chi connectivity index (χ0v) is 13.9. The predicted octanol–water partition coefficient (Wildman–Crippen LogP) is 5.44. The van der Waals surface area contributed by atoms with Crippen molar-refractivity contribution < 1.29 is 4.79 Å². The lowest BCUT2D eigenvalue weighted by molar-refractivity contribution is 0.104. The van der Waals surface area contributed by atoms with Crippen LogP contribution in [0.2, 0.25) is 0 Å². The summed E-state index contributed by atoms with van der Waals surface area (Å²) in [5.41, 5.74) is 4.48. The lowest BCUT2D eigenvalue weighted by Crippen LogP contribution is -2.10. The number of hydrogen-bond acceptors (Lipinski definition) is 1. The second-order valence-corrected chi connectivity index (χ2v) is 6.62. The van der Waals surface area contributed by atoms with E-state index in [2.05, 4.69) is 52.0 Å². The molecule has 0 aliphatic rings. The maximum absolute atomic E-state index is 12.2. The Balaban J connectivity index is 2.08. The van der Waals surface area contributed by atoms with Gasteiger partial charge in [-0.1, -0.05) is 82.3 Å². The molecule has 0 saturated carbocycles. The molecule has 0 bridgehead atoms. The summed E-state index contributed by atoms with van der Waals surface area (Å²) in [7, 11) is 0. The Hall–Kier alpha value is -2.15. The molecule has 0 aromatic heterocycles. The van der Waals surface area contributed by atoms with Crippen LogP contribution in [-0.2, 0) is 11.8 Å². The minimum absolute atomic E-state index is 0.0440. The largest absolute Gasteiger partial charge is 0.289 e. The molecule has 0 radical (unpaired) electrons. The fourth-order valence-electron chi connectivity index (χ4n) is 2.27. The molecular formula is C21H24O. The lowest BCUT2D eigenvalue weighted by atomic mass is 9.87. The van der Waals surface area contributed by atoms with Gasteiger partial charge in [-0.2, -0.15) is 0 Å². The minimum Gasteiger partial charge on any atom is -0.289 e. The van der Waals surface area contributed by atoms with E-state index in [9.17, 15) is 4.79 Å². The summed E-state index contributed by atoms with van der Waals surface area (Å²) in [6, 6.07) is 16.2. The molecular weight excluding hydrogens is 268 g/mol. The SMILES string of the molecule is CCc1ccc(C(=O)/C=C/c2ccc(C(C)(C)C)cc2)cc1. The summed E-state index contributed by atoms with van der Waals surface area (Å²) in [4.78, 5) is 12.2. The van der Waals surface area contributed by atoms with Crippen molar-refractivity contribution in [3.05, 3.63) is 76.9 Å². The van der Waals surface area contributed by atoms with Gasteiger partial charge in [-0.05, 0) is 34.6 Å². The van der Waals surface area contributed by atoms with Gasteiger partial charge >= 0.3 is 0 Å². The topological polar surface area (TPSA) is 17.1 Å². The molecule has 2 rings (SSSR count). The van der Waals surface area contributed by atoms with Crippen LogP contribution in [0.1, 0.15) is 54.7 Å². The first-order valence-electron chi connectivity index (χ1n) is 7.82. The van der Waals surface area contributed by atoms with Gasteiger partial charge in [0.25, 0.3) is 0 Å². The standard InChI is InChI=1S/C21H24O/c1-5-16-6-11-18(12-7-16)20(22)15-10-17-8-13-19(14-9-17)21(2,3)4/h6-15H,5H2,1-4H3/b15-10+. The normalized spacial score (nSPS) is 11.8. The average molecular weight is 292 g/mol. The molecule has 114 valence electrons. The highest BCUT2D eigenvalue weighted by Gasteiger charge is 2.12. The summed E-state index contributed by atoms with van der Waals surface area (Å²) < 4.78 is 0. The summed E-state index contributed by atoms with van der Waals surface area (Å²) >= 11 is 0. The van der Waals surface area contributed by atoms with Gasteiger partial charge in [-0.15, -0.1) is 0 Å². The van der Waals surface area contributed by atoms with E-state index in [1.165, 1.54) is 11.1 Å². The molecule has 0 atom stereocenters. The first-order chi connectivity index (χ1) is 10.4. The van der Waals surface area contributed by atoms with E-state index in [1.54, 1.807) is 6.08 Å². The van der Waals surface area contributed by atoms with Gasteiger partial charge in [0.15, 0.2) is 5.78 Å². The molecule has 0 amide bonds. The van der Waals surface area contributed by atoms with Gasteiger partial charge in [0.1, 0.15) is 0 Å². The third-order valence-corrected chi connectivity index (χ3v) is 3.85. The predicted molar refractivity (Wildman–Crippen MR) is 94.3 cm³/mol. The summed E-state index contributed by atoms with van der Waals surface area (Å²) in [6.45, 7) is 8.70. The summed E-state index contributed by atoms with van der Waals surface area (Å²) in [5, 5.41) is 0. The van der Waals surface area contributed by atoms with Crippen LogP contribution in [0.5, 0.6) is 0 Å². The van der Waals surface area contributed by atoms with Crippen LogP contribution >= 0.6 is 0 Å². The Morgan fingerprint density at radius 1 is 0.955 bits per heavy atom. The van der Waals surface area contributed by atoms with Gasteiger partial charge < -0.3 is 0 Å². The molecule has 0 fully saturated rings. The molecule has 0 N–H and O–H groups in total. The van der Waals surface area contributed by atoms with Gasteiger partial charge in [-0.25, -0.2) is 0 Å². The van der Waals surface area contributed by atoms with E-state index in [0.717, 1.165) is 17.5 Å². The van der Waals surface area contributed by atoms with Crippen molar-refractivity contribution >= 4 is 11.9 Å². The number of ketones is 1. The quantitative estimate of drug-likeness (QED) is 0.541. The Labute approximate surface area is 133 Å². The second-order valence-electron chi connectivity index (χ2n) is 6.62. The lowest BCUT2D eigenvalue weighted by Gasteiger charge is -2.18. The zero-order valence-electron chi connectivity index (χ0n) is 13.9. The highest BCUT2D eigenvalue weighted by atomic mass is 16.1. The van der Waals surface area contributed by atoms with Crippen LogP contribution < -0.4 is 0 Å². The minimum atomic E-state index is 0.0440. The number of benzene rings is 2. The smallest absolute Gasteiger partial charge is 0.185 e. The zero-order chi connectivity index (χ0) is 16.2. The number of rotatable bonds is 4. The van der Waals surface area contributed by atoms with Crippen LogP contribution in [0.4, 0.5) is 0 Å². The maximum atomic E-state index is 12.2. The van der Waals surface area contributed by atoms with E-state index in [-0.39, 0.29) is 11.2 Å². The highest BCUT2D eigenvalue weighted by Crippen LogP contribution is 2.22. The number of allylic oxidation sites excluding steroid dienone is 1. The van der Waals surface area contributed by atoms with Crippen molar-refractivity contribution in [1.29, 1.82) is 0 Å². The van der Waals surface area contributed by atoms with Gasteiger partial charge in [0.2, 0.25) is 0 Å². The van der Waals surface area contributed by atoms with E-state index < -0.39 is 0 Å². The number of carbonyl (C=O) groups is 1. The Kier molecular flexibility index (Phi) is 4.97. The molecule has 0 saturated heterocycles. The number of hydrogen-bond donors (Lipinski definition) is 0. The van der Waals surface area contributed by atoms with E-state index in [0.29, 0.717) is 0 Å². The van der Waals surface area contributed by atoms with Gasteiger partial charge in [0.05, 0.1) is 0 Å². The van der Waals surface area contributed by atoms with Crippen molar-refractivity contribution in [2.24, 2.45) is 0 Å². The Bertz CT molecular complexity index is 653. The first-order valence-corrected chi connectivity index (χ1v) is 7.82. The molecule has 22 heavy (non-hydrogen) atoms. The molecule has 2 aromatic carbocycles. The average Bonchev–Trinajstić information content (AvgIpc) is 2.52. The van der Waals surface area contributed by atoms with Crippen LogP contribution in [0.25, 0.3) is 6.08 Å². The third kappa shape index (κ3) is 4.17. The Morgan fingerprint density at radius 2 is 1.55 bits per heavy atom. The molecule has 2 aromatic rings. The van der Waals surface area contributed by atoms with Gasteiger partial charge in [0, 0.05) is 5.56 Å². The molecule has 0 heterocycles. The van der Waals surface area contributed by atoms with Crippen LogP contribution in [0, 0.1) is 0 Å². The summed E-state index contributed by atoms with van der Waals surface area (Å²) in [5.74, 6) is 0.0440. The highest BCUT2D eigenvalue weighted by molar-refractivity contribution is 6.06. The maximum Gasteiger partial charge on any atom is 0.185 e. The van der Waals surface area contributed by atoms with Crippen molar-refractivity contribution in [2.45, 2.75) is 39.5 Å². The molecule has 1 nitrogen and oxygen atoms in total. The van der Waals surface area contributed by atoms with Crippen molar-refractivity contribution in [3.63, 3.8) is 0 Å². The molecule has 0 spiro atoms.